The molecule has 210 valence electrons. The molecule has 1 N–H and O–H groups in total. The van der Waals surface area contributed by atoms with Gasteiger partial charge in [-0.2, -0.15) is 0 Å². The predicted molar refractivity (Wildman–Crippen MR) is 160 cm³/mol. The van der Waals surface area contributed by atoms with Crippen molar-refractivity contribution in [3.8, 4) is 0 Å². The number of aromatic nitrogens is 2. The molecule has 0 aliphatic carbocycles. The molecule has 3 aromatic rings. The molecule has 6 nitrogen and oxygen atoms in total. The normalized spacial score (nSPS) is 14.7. The molecule has 1 aliphatic heterocycles. The second-order valence-corrected chi connectivity index (χ2v) is 10.8. The molecule has 2 aromatic carbocycles. The van der Waals surface area contributed by atoms with Crippen molar-refractivity contribution in [1.82, 2.24) is 14.5 Å². The lowest BCUT2D eigenvalue weighted by Gasteiger charge is -2.23. The number of anilines is 1. The number of benzene rings is 2. The molecule has 1 fully saturated rings. The Balaban J connectivity index is 1.65. The van der Waals surface area contributed by atoms with Gasteiger partial charge in [0.2, 0.25) is 0 Å². The van der Waals surface area contributed by atoms with Crippen LogP contribution in [-0.4, -0.2) is 53.8 Å². The molecular weight excluding hydrogens is 491 g/mol. The summed E-state index contributed by atoms with van der Waals surface area (Å²) < 4.78 is 22.3. The average molecular weight is 535 g/mol. The molecule has 1 saturated heterocycles. The van der Waals surface area contributed by atoms with E-state index < -0.39 is 5.82 Å². The fourth-order valence-corrected chi connectivity index (χ4v) is 5.11. The Bertz CT molecular complexity index is 1310. The number of halogens is 1. The molecule has 1 aromatic heterocycles. The molecule has 0 radical (unpaired) electrons. The van der Waals surface area contributed by atoms with Crippen molar-refractivity contribution in [3.05, 3.63) is 69.5 Å². The smallest absolute Gasteiger partial charge is 0.261 e. The molecule has 39 heavy (non-hydrogen) atoms. The zero-order valence-corrected chi connectivity index (χ0v) is 23.9. The van der Waals surface area contributed by atoms with E-state index in [0.29, 0.717) is 60.6 Å². The van der Waals surface area contributed by atoms with Gasteiger partial charge >= 0.3 is 0 Å². The van der Waals surface area contributed by atoms with Crippen LogP contribution in [0.5, 0.6) is 0 Å². The molecule has 2 heterocycles. The van der Waals surface area contributed by atoms with Gasteiger partial charge in [0.1, 0.15) is 11.6 Å². The number of fused-ring (bicyclic) bond motifs is 1. The van der Waals surface area contributed by atoms with Crippen LogP contribution in [0.4, 0.5) is 10.1 Å². The summed E-state index contributed by atoms with van der Waals surface area (Å²) in [5, 5.41) is 3.53. The highest BCUT2D eigenvalue weighted by molar-refractivity contribution is 5.83. The first-order valence-electron chi connectivity index (χ1n) is 14.5. The average Bonchev–Trinajstić information content (AvgIpc) is 2.95. The summed E-state index contributed by atoms with van der Waals surface area (Å²) in [5.74, 6) is 0.960. The van der Waals surface area contributed by atoms with Gasteiger partial charge in [-0.1, -0.05) is 58.0 Å². The summed E-state index contributed by atoms with van der Waals surface area (Å²) in [6, 6.07) is 11.5. The number of rotatable bonds is 12. The second kappa shape index (κ2) is 13.9. The first-order chi connectivity index (χ1) is 18.9. The number of hydrogen-bond donors (Lipinski definition) is 1. The number of nitrogens with one attached hydrogen (secondary N) is 1. The molecule has 1 aliphatic rings. The summed E-state index contributed by atoms with van der Waals surface area (Å²) in [6.45, 7) is 14.2. The van der Waals surface area contributed by atoms with Gasteiger partial charge in [-0.25, -0.2) is 9.37 Å². The van der Waals surface area contributed by atoms with Gasteiger partial charge in [0.05, 0.1) is 16.6 Å². The van der Waals surface area contributed by atoms with Gasteiger partial charge in [0, 0.05) is 26.3 Å². The molecule has 0 spiro atoms. The Labute approximate surface area is 231 Å². The minimum absolute atomic E-state index is 0.201. The van der Waals surface area contributed by atoms with Gasteiger partial charge in [-0.15, -0.1) is 0 Å². The Kier molecular flexibility index (Phi) is 10.3. The van der Waals surface area contributed by atoms with E-state index in [1.54, 1.807) is 10.6 Å². The van der Waals surface area contributed by atoms with E-state index in [4.69, 9.17) is 9.72 Å². The molecular formula is C32H43FN4O2. The fourth-order valence-electron chi connectivity index (χ4n) is 5.11. The van der Waals surface area contributed by atoms with Crippen molar-refractivity contribution in [2.45, 2.75) is 59.4 Å². The summed E-state index contributed by atoms with van der Waals surface area (Å²) in [6.07, 6.45) is 6.60. The quantitative estimate of drug-likeness (QED) is 0.273. The van der Waals surface area contributed by atoms with E-state index in [2.05, 4.69) is 62.2 Å². The van der Waals surface area contributed by atoms with Crippen molar-refractivity contribution >= 4 is 28.7 Å². The first kappa shape index (κ1) is 29.0. The summed E-state index contributed by atoms with van der Waals surface area (Å²) in [7, 11) is 0. The van der Waals surface area contributed by atoms with E-state index >= 15 is 4.39 Å². The van der Waals surface area contributed by atoms with Crippen LogP contribution in [0.3, 0.4) is 0 Å². The Morgan fingerprint density at radius 2 is 1.85 bits per heavy atom. The van der Waals surface area contributed by atoms with Crippen LogP contribution in [0.1, 0.15) is 69.8 Å². The van der Waals surface area contributed by atoms with E-state index in [0.717, 1.165) is 44.5 Å². The minimum atomic E-state index is -0.421. The van der Waals surface area contributed by atoms with Crippen LogP contribution in [-0.2, 0) is 11.3 Å². The molecule has 4 rings (SSSR count). The fraction of sp³-hybridized carbons (Fsp3) is 0.500. The molecule has 0 atom stereocenters. The lowest BCUT2D eigenvalue weighted by Crippen LogP contribution is -2.30. The van der Waals surface area contributed by atoms with Gasteiger partial charge < -0.3 is 15.0 Å². The van der Waals surface area contributed by atoms with Gasteiger partial charge in [0.15, 0.2) is 0 Å². The highest BCUT2D eigenvalue weighted by Crippen LogP contribution is 2.23. The largest absolute Gasteiger partial charge is 0.383 e. The van der Waals surface area contributed by atoms with Gasteiger partial charge in [-0.05, 0) is 80.1 Å². The zero-order chi connectivity index (χ0) is 27.8. The highest BCUT2D eigenvalue weighted by atomic mass is 19.1. The van der Waals surface area contributed by atoms with Crippen molar-refractivity contribution in [1.29, 1.82) is 0 Å². The van der Waals surface area contributed by atoms with Crippen molar-refractivity contribution < 1.29 is 9.13 Å². The van der Waals surface area contributed by atoms with Crippen LogP contribution in [0.2, 0.25) is 0 Å². The van der Waals surface area contributed by atoms with E-state index in [1.165, 1.54) is 11.6 Å². The maximum Gasteiger partial charge on any atom is 0.261 e. The topological polar surface area (TPSA) is 59.4 Å². The minimum Gasteiger partial charge on any atom is -0.383 e. The van der Waals surface area contributed by atoms with E-state index in [1.807, 2.05) is 12.2 Å². The lowest BCUT2D eigenvalue weighted by molar-refractivity contribution is 0.0608. The number of ether oxygens (including phenoxy) is 1. The molecule has 0 bridgehead atoms. The van der Waals surface area contributed by atoms with Gasteiger partial charge in [-0.3, -0.25) is 9.36 Å². The molecule has 0 amide bonds. The van der Waals surface area contributed by atoms with Crippen molar-refractivity contribution in [2.24, 2.45) is 5.92 Å². The van der Waals surface area contributed by atoms with Crippen molar-refractivity contribution in [3.63, 3.8) is 0 Å². The third-order valence-electron chi connectivity index (χ3n) is 7.74. The van der Waals surface area contributed by atoms with Gasteiger partial charge in [0.25, 0.3) is 5.56 Å². The predicted octanol–water partition coefficient (Wildman–Crippen LogP) is 6.40. The number of nitrogens with zero attached hydrogens (tertiary/aromatic N) is 3. The summed E-state index contributed by atoms with van der Waals surface area (Å²) in [5.41, 5.74) is 3.02. The summed E-state index contributed by atoms with van der Waals surface area (Å²) in [4.78, 5) is 20.9. The third kappa shape index (κ3) is 7.55. The zero-order valence-electron chi connectivity index (χ0n) is 23.9. The van der Waals surface area contributed by atoms with Crippen LogP contribution in [0.15, 0.2) is 41.2 Å². The Morgan fingerprint density at radius 3 is 2.51 bits per heavy atom. The standard InChI is InChI=1S/C32H43FN4O2/c1-5-36(6-2)17-7-16-34-30-21-29-27(20-28(30)33)32(38)37(22-25-14-18-39-19-15-25)31(35-29)13-10-24-8-11-26(12-9-24)23(3)4/h8-13,20-21,23,25,34H,5-7,14-19,22H2,1-4H3/b13-10+. The first-order valence-corrected chi connectivity index (χ1v) is 14.5. The highest BCUT2D eigenvalue weighted by Gasteiger charge is 2.19. The van der Waals surface area contributed by atoms with E-state index in [-0.39, 0.29) is 5.56 Å². The van der Waals surface area contributed by atoms with Crippen LogP contribution in [0, 0.1) is 11.7 Å². The van der Waals surface area contributed by atoms with E-state index in [9.17, 15) is 4.79 Å². The van der Waals surface area contributed by atoms with Crippen molar-refractivity contribution in [2.75, 3.05) is 44.7 Å². The molecule has 7 heteroatoms. The van der Waals surface area contributed by atoms with Crippen LogP contribution in [0.25, 0.3) is 23.1 Å². The van der Waals surface area contributed by atoms with Crippen LogP contribution >= 0.6 is 0 Å². The molecule has 0 unspecified atom stereocenters. The number of hydrogen-bond acceptors (Lipinski definition) is 5. The monoisotopic (exact) mass is 534 g/mol. The maximum absolute atomic E-state index is 15.1. The second-order valence-electron chi connectivity index (χ2n) is 10.8. The summed E-state index contributed by atoms with van der Waals surface area (Å²) >= 11 is 0. The third-order valence-corrected chi connectivity index (χ3v) is 7.74. The lowest BCUT2D eigenvalue weighted by atomic mass is 10.00. The maximum atomic E-state index is 15.1. The SMILES string of the molecule is CCN(CC)CCCNc1cc2nc(/C=C/c3ccc(C(C)C)cc3)n(CC3CCOCC3)c(=O)c2cc1F. The van der Waals surface area contributed by atoms with Crippen LogP contribution < -0.4 is 10.9 Å². The molecule has 0 saturated carbocycles. The Morgan fingerprint density at radius 1 is 1.13 bits per heavy atom. The Hall–Kier alpha value is -3.03.